The Kier molecular flexibility index (Phi) is 15.1. The van der Waals surface area contributed by atoms with Crippen molar-refractivity contribution in [3.63, 3.8) is 0 Å². The Morgan fingerprint density at radius 2 is 1.67 bits per heavy atom. The van der Waals surface area contributed by atoms with Gasteiger partial charge in [-0.2, -0.15) is 13.2 Å². The minimum absolute atomic E-state index is 0.0317. The van der Waals surface area contributed by atoms with E-state index < -0.39 is 138 Å². The van der Waals surface area contributed by atoms with E-state index in [0.29, 0.717) is 37.0 Å². The molecule has 5 aliphatic rings. The van der Waals surface area contributed by atoms with Crippen molar-refractivity contribution >= 4 is 53.0 Å². The monoisotopic (exact) mass is 955 g/mol. The molecule has 366 valence electrons. The number of likely N-dealkylation sites (N-methyl/N-ethyl adjacent to an activating group) is 2. The molecule has 4 N–H and O–H groups in total. The summed E-state index contributed by atoms with van der Waals surface area (Å²) < 4.78 is 73.5. The van der Waals surface area contributed by atoms with Gasteiger partial charge in [0.2, 0.25) is 41.4 Å². The second-order valence-corrected chi connectivity index (χ2v) is 20.8. The van der Waals surface area contributed by atoms with Crippen LogP contribution in [0.4, 0.5) is 22.0 Å². The molecule has 1 aromatic carbocycles. The lowest BCUT2D eigenvalue weighted by Crippen LogP contribution is -2.66. The number of hydrogen-bond acceptors (Lipinski definition) is 7. The molecule has 0 aromatic heterocycles. The molecule has 2 saturated heterocycles. The van der Waals surface area contributed by atoms with E-state index in [-0.39, 0.29) is 48.7 Å². The molecule has 0 unspecified atom stereocenters. The number of nitrogens with zero attached hydrogens (tertiary/aromatic N) is 3. The second kappa shape index (κ2) is 19.6. The molecule has 6 atom stereocenters. The van der Waals surface area contributed by atoms with Crippen LogP contribution in [0.25, 0.3) is 0 Å². The largest absolute Gasteiger partial charge is 0.403 e. The second-order valence-electron chi connectivity index (χ2n) is 20.3. The van der Waals surface area contributed by atoms with E-state index >= 15 is 4.39 Å². The summed E-state index contributed by atoms with van der Waals surface area (Å²) in [5.41, 5.74) is -4.57. The lowest BCUT2D eigenvalue weighted by atomic mass is 9.44. The van der Waals surface area contributed by atoms with Gasteiger partial charge in [-0.25, -0.2) is 8.78 Å². The first-order valence-electron chi connectivity index (χ1n) is 23.0. The van der Waals surface area contributed by atoms with Crippen molar-refractivity contribution in [1.82, 2.24) is 36.0 Å². The van der Waals surface area contributed by atoms with E-state index in [2.05, 4.69) is 21.3 Å². The average Bonchev–Trinajstić information content (AvgIpc) is 3.97. The van der Waals surface area contributed by atoms with Gasteiger partial charge < -0.3 is 36.0 Å². The fourth-order valence-electron chi connectivity index (χ4n) is 10.2. The van der Waals surface area contributed by atoms with Crippen molar-refractivity contribution in [2.75, 3.05) is 27.2 Å². The first-order chi connectivity index (χ1) is 30.8. The Morgan fingerprint density at radius 1 is 1.00 bits per heavy atom. The van der Waals surface area contributed by atoms with E-state index in [9.17, 15) is 51.1 Å². The van der Waals surface area contributed by atoms with E-state index in [1.165, 1.54) is 34.0 Å². The Hall–Kier alpha value is -4.55. The zero-order valence-electron chi connectivity index (χ0n) is 38.4. The van der Waals surface area contributed by atoms with Crippen LogP contribution in [0.2, 0.25) is 5.02 Å². The normalized spacial score (nSPS) is 27.6. The molecule has 2 heterocycles. The van der Waals surface area contributed by atoms with Crippen molar-refractivity contribution in [3.05, 3.63) is 34.6 Å². The summed E-state index contributed by atoms with van der Waals surface area (Å²) in [6.07, 6.45) is -4.72. The molecule has 6 rings (SSSR count). The first kappa shape index (κ1) is 50.9. The highest BCUT2D eigenvalue weighted by atomic mass is 35.5. The molecule has 3 aliphatic carbocycles. The average molecular weight is 956 g/mol. The van der Waals surface area contributed by atoms with Crippen LogP contribution >= 0.6 is 11.6 Å². The van der Waals surface area contributed by atoms with Crippen LogP contribution < -0.4 is 21.3 Å². The number of nitrogens with one attached hydrogen (secondary N) is 4. The molecule has 1 aromatic rings. The third kappa shape index (κ3) is 10.8. The Morgan fingerprint density at radius 3 is 2.26 bits per heavy atom. The fraction of sp³-hybridized carbons (Fsp3) is 0.717. The molecule has 66 heavy (non-hydrogen) atoms. The standard InChI is InChI=1S/C46H63ClF5N7O7/c1-25(2)18-31-39(63)58(6)33(20-27-19-28(48)13-14-30(27)47)38(62)56-43(3,4)41(65)53-17-8-7-10-32(36(60)54-31)57(5)40(64)35(26-11-12-26)55-37(61)34-21-29(49)22-59(34)42(66)45(46(50,51)52)23-44(24-45)15-9-16-44/h13-14,19,25-26,29,31-35H,7-12,15-18,20-24H2,1-6H3,(H,53,65)(H,54,60)(H,55,61)(H,56,62)/t29-,31+,32+,33+,34+,35+/m1/s1. The maximum atomic E-state index is 15.1. The number of halogens is 6. The van der Waals surface area contributed by atoms with Gasteiger partial charge in [0.15, 0.2) is 0 Å². The number of hydrogen-bond donors (Lipinski definition) is 4. The van der Waals surface area contributed by atoms with E-state index in [0.717, 1.165) is 28.4 Å². The number of carbonyl (C=O) groups is 7. The molecular formula is C46H63ClF5N7O7. The van der Waals surface area contributed by atoms with Gasteiger partial charge in [-0.3, -0.25) is 33.6 Å². The predicted molar refractivity (Wildman–Crippen MR) is 232 cm³/mol. The Balaban J connectivity index is 1.24. The summed E-state index contributed by atoms with van der Waals surface area (Å²) in [5.74, 6) is -6.99. The number of rotatable bonds is 10. The van der Waals surface area contributed by atoms with E-state index in [4.69, 9.17) is 11.6 Å². The van der Waals surface area contributed by atoms with Gasteiger partial charge in [0.1, 0.15) is 53.2 Å². The van der Waals surface area contributed by atoms with Crippen LogP contribution in [0.5, 0.6) is 0 Å². The Bertz CT molecular complexity index is 2060. The zero-order chi connectivity index (χ0) is 48.7. The molecule has 0 radical (unpaired) electrons. The van der Waals surface area contributed by atoms with Crippen LogP contribution in [0.1, 0.15) is 110 Å². The summed E-state index contributed by atoms with van der Waals surface area (Å²) in [5, 5.41) is 11.0. The molecule has 5 fully saturated rings. The van der Waals surface area contributed by atoms with Crippen molar-refractivity contribution in [3.8, 4) is 0 Å². The van der Waals surface area contributed by atoms with E-state index in [1.807, 2.05) is 13.8 Å². The highest BCUT2D eigenvalue weighted by molar-refractivity contribution is 6.31. The summed E-state index contributed by atoms with van der Waals surface area (Å²) >= 11 is 6.41. The predicted octanol–water partition coefficient (Wildman–Crippen LogP) is 4.75. The highest BCUT2D eigenvalue weighted by Gasteiger charge is 2.73. The van der Waals surface area contributed by atoms with Crippen LogP contribution in [0.15, 0.2) is 18.2 Å². The maximum absolute atomic E-state index is 15.1. The van der Waals surface area contributed by atoms with Gasteiger partial charge in [0.25, 0.3) is 0 Å². The number of benzene rings is 1. The summed E-state index contributed by atoms with van der Waals surface area (Å²) in [6, 6.07) is -3.14. The van der Waals surface area contributed by atoms with Gasteiger partial charge >= 0.3 is 6.18 Å². The topological polar surface area (TPSA) is 177 Å². The number of amides is 7. The minimum atomic E-state index is -4.91. The summed E-state index contributed by atoms with van der Waals surface area (Å²) in [6.45, 7) is 6.02. The molecule has 0 bridgehead atoms. The van der Waals surface area contributed by atoms with Crippen molar-refractivity contribution in [1.29, 1.82) is 0 Å². The lowest BCUT2D eigenvalue weighted by Gasteiger charge is -2.60. The van der Waals surface area contributed by atoms with Crippen LogP contribution in [0, 0.1) is 28.5 Å². The molecule has 14 nitrogen and oxygen atoms in total. The zero-order valence-corrected chi connectivity index (χ0v) is 39.2. The smallest absolute Gasteiger partial charge is 0.354 e. The number of alkyl halides is 4. The van der Waals surface area contributed by atoms with Gasteiger partial charge in [-0.1, -0.05) is 31.9 Å². The molecule has 7 amide bonds. The third-order valence-corrected chi connectivity index (χ3v) is 14.7. The molecule has 3 saturated carbocycles. The lowest BCUT2D eigenvalue weighted by molar-refractivity contribution is -0.285. The van der Waals surface area contributed by atoms with Crippen molar-refractivity contribution in [2.24, 2.45) is 22.7 Å². The van der Waals surface area contributed by atoms with Crippen LogP contribution in [-0.2, 0) is 40.0 Å². The molecule has 2 aliphatic heterocycles. The Labute approximate surface area is 387 Å². The highest BCUT2D eigenvalue weighted by Crippen LogP contribution is 2.69. The number of likely N-dealkylation sites (tertiary alicyclic amines) is 1. The van der Waals surface area contributed by atoms with Crippen LogP contribution in [0.3, 0.4) is 0 Å². The van der Waals surface area contributed by atoms with Gasteiger partial charge in [0.05, 0.1) is 6.54 Å². The number of carbonyl (C=O) groups excluding carboxylic acids is 7. The molecular weight excluding hydrogens is 893 g/mol. The summed E-state index contributed by atoms with van der Waals surface area (Å²) in [4.78, 5) is 102. The maximum Gasteiger partial charge on any atom is 0.403 e. The van der Waals surface area contributed by atoms with Crippen molar-refractivity contribution < 1.29 is 55.5 Å². The first-order valence-corrected chi connectivity index (χ1v) is 23.4. The third-order valence-electron chi connectivity index (χ3n) is 14.4. The van der Waals surface area contributed by atoms with Gasteiger partial charge in [-0.05, 0) is 119 Å². The summed E-state index contributed by atoms with van der Waals surface area (Å²) in [7, 11) is 2.70. The van der Waals surface area contributed by atoms with Gasteiger partial charge in [0, 0.05) is 38.5 Å². The van der Waals surface area contributed by atoms with Gasteiger partial charge in [-0.15, -0.1) is 0 Å². The SMILES string of the molecule is CC(C)C[C@@H]1NC(=O)[C@@H](N(C)C(=O)[C@@H](NC(=O)[C@@H]2C[C@@H](F)CN2C(=O)C2(C(F)(F)F)CC3(CCC3)C2)C2CC2)CCCCNC(=O)C(C)(C)NC(=O)[C@H](Cc2cc(F)ccc2Cl)N(C)C1=O. The van der Waals surface area contributed by atoms with Crippen LogP contribution in [-0.4, -0.2) is 131 Å². The fourth-order valence-corrected chi connectivity index (χ4v) is 10.4. The van der Waals surface area contributed by atoms with Crippen molar-refractivity contribution in [2.45, 2.75) is 159 Å². The molecule has 1 spiro atoms. The molecule has 20 heteroatoms. The minimum Gasteiger partial charge on any atom is -0.354 e. The quantitative estimate of drug-likeness (QED) is 0.245. The van der Waals surface area contributed by atoms with E-state index in [1.54, 1.807) is 0 Å².